The molecule has 0 fully saturated rings. The van der Waals surface area contributed by atoms with Crippen LogP contribution in [-0.2, 0) is 0 Å². The van der Waals surface area contributed by atoms with E-state index in [4.69, 9.17) is 5.11 Å². The van der Waals surface area contributed by atoms with Crippen LogP contribution in [0.25, 0.3) is 0 Å². The molecule has 1 N–H and O–H groups in total. The average molecular weight is 187 g/mol. The molecule has 0 aliphatic heterocycles. The number of rotatable bonds is 3. The van der Waals surface area contributed by atoms with E-state index < -0.39 is 5.97 Å². The van der Waals surface area contributed by atoms with Gasteiger partial charge in [0.1, 0.15) is 0 Å². The van der Waals surface area contributed by atoms with Crippen molar-refractivity contribution in [2.24, 2.45) is 0 Å². The molecule has 0 unspecified atom stereocenters. The van der Waals surface area contributed by atoms with Crippen LogP contribution in [-0.4, -0.2) is 34.0 Å². The summed E-state index contributed by atoms with van der Waals surface area (Å²) in [5.41, 5.74) is 0. The van der Waals surface area contributed by atoms with Crippen molar-refractivity contribution in [1.82, 2.24) is 9.36 Å². The van der Waals surface area contributed by atoms with Crippen LogP contribution in [0.1, 0.15) is 17.5 Å². The van der Waals surface area contributed by atoms with E-state index in [0.717, 1.165) is 18.1 Å². The van der Waals surface area contributed by atoms with Crippen LogP contribution in [0.5, 0.6) is 0 Å². The molecule has 0 radical (unpaired) electrons. The molecule has 0 aliphatic rings. The second-order valence-corrected chi connectivity index (χ2v) is 2.95. The number of nitrogens with zero attached hydrogens (tertiary/aromatic N) is 3. The van der Waals surface area contributed by atoms with E-state index in [-0.39, 0.29) is 5.82 Å². The third-order valence-electron chi connectivity index (χ3n) is 1.41. The Morgan fingerprint density at radius 2 is 2.42 bits per heavy atom. The largest absolute Gasteiger partial charge is 0.475 e. The van der Waals surface area contributed by atoms with Gasteiger partial charge in [-0.2, -0.15) is 9.36 Å². The molecule has 0 aliphatic carbocycles. The summed E-state index contributed by atoms with van der Waals surface area (Å²) in [6, 6.07) is 0. The van der Waals surface area contributed by atoms with Crippen LogP contribution in [0.3, 0.4) is 0 Å². The quantitative estimate of drug-likeness (QED) is 0.754. The van der Waals surface area contributed by atoms with Gasteiger partial charge in [0.25, 0.3) is 5.82 Å². The van der Waals surface area contributed by atoms with Crippen LogP contribution in [0.2, 0.25) is 0 Å². The van der Waals surface area contributed by atoms with Gasteiger partial charge in [0.05, 0.1) is 0 Å². The zero-order valence-corrected chi connectivity index (χ0v) is 7.63. The number of hydrogen-bond donors (Lipinski definition) is 1. The first-order chi connectivity index (χ1) is 5.65. The standard InChI is InChI=1S/C6H9N3O2S/c1-3-9(2)6-7-4(5(10)11)8-12-6/h3H2,1-2H3,(H,10,11). The summed E-state index contributed by atoms with van der Waals surface area (Å²) >= 11 is 1.09. The highest BCUT2D eigenvalue weighted by Gasteiger charge is 2.12. The summed E-state index contributed by atoms with van der Waals surface area (Å²) in [6.07, 6.45) is 0. The average Bonchev–Trinajstić information content (AvgIpc) is 2.51. The molecule has 0 saturated heterocycles. The van der Waals surface area contributed by atoms with Crippen molar-refractivity contribution < 1.29 is 9.90 Å². The van der Waals surface area contributed by atoms with Gasteiger partial charge in [-0.3, -0.25) is 0 Å². The molecule has 1 aromatic rings. The summed E-state index contributed by atoms with van der Waals surface area (Å²) in [6.45, 7) is 2.75. The van der Waals surface area contributed by atoms with Crippen molar-refractivity contribution >= 4 is 22.6 Å². The molecule has 5 nitrogen and oxygen atoms in total. The molecule has 0 spiro atoms. The molecule has 0 atom stereocenters. The molecule has 0 bridgehead atoms. The van der Waals surface area contributed by atoms with Gasteiger partial charge in [0, 0.05) is 25.1 Å². The van der Waals surface area contributed by atoms with Crippen LogP contribution in [0, 0.1) is 0 Å². The lowest BCUT2D eigenvalue weighted by Gasteiger charge is -2.09. The molecule has 1 rings (SSSR count). The highest BCUT2D eigenvalue weighted by molar-refractivity contribution is 7.09. The Hall–Kier alpha value is -1.17. The Balaban J connectivity index is 2.84. The van der Waals surface area contributed by atoms with Crippen LogP contribution < -0.4 is 4.90 Å². The maximum atomic E-state index is 10.4. The smallest absolute Gasteiger partial charge is 0.375 e. The molecular formula is C6H9N3O2S. The molecule has 0 aromatic carbocycles. The Morgan fingerprint density at radius 1 is 1.75 bits per heavy atom. The van der Waals surface area contributed by atoms with Crippen molar-refractivity contribution in [2.75, 3.05) is 18.5 Å². The van der Waals surface area contributed by atoms with Gasteiger partial charge in [0.2, 0.25) is 5.13 Å². The molecule has 6 heteroatoms. The normalized spacial score (nSPS) is 9.83. The minimum Gasteiger partial charge on any atom is -0.475 e. The predicted molar refractivity (Wildman–Crippen MR) is 45.8 cm³/mol. The maximum Gasteiger partial charge on any atom is 0.375 e. The first-order valence-electron chi connectivity index (χ1n) is 3.43. The summed E-state index contributed by atoms with van der Waals surface area (Å²) in [5.74, 6) is -1.21. The van der Waals surface area contributed by atoms with E-state index in [1.165, 1.54) is 0 Å². The van der Waals surface area contributed by atoms with Crippen molar-refractivity contribution in [3.05, 3.63) is 5.82 Å². The van der Waals surface area contributed by atoms with E-state index in [0.29, 0.717) is 5.13 Å². The maximum absolute atomic E-state index is 10.4. The second kappa shape index (κ2) is 3.48. The highest BCUT2D eigenvalue weighted by atomic mass is 32.1. The van der Waals surface area contributed by atoms with Crippen molar-refractivity contribution in [3.8, 4) is 0 Å². The second-order valence-electron chi connectivity index (χ2n) is 2.22. The molecular weight excluding hydrogens is 178 g/mol. The molecule has 0 saturated carbocycles. The lowest BCUT2D eigenvalue weighted by Crippen LogP contribution is -2.15. The van der Waals surface area contributed by atoms with Gasteiger partial charge >= 0.3 is 5.97 Å². The van der Waals surface area contributed by atoms with Gasteiger partial charge in [0.15, 0.2) is 0 Å². The highest BCUT2D eigenvalue weighted by Crippen LogP contribution is 2.14. The van der Waals surface area contributed by atoms with Gasteiger partial charge in [-0.15, -0.1) is 0 Å². The zero-order chi connectivity index (χ0) is 9.14. The Kier molecular flexibility index (Phi) is 2.59. The summed E-state index contributed by atoms with van der Waals surface area (Å²) in [4.78, 5) is 16.0. The van der Waals surface area contributed by atoms with Crippen LogP contribution >= 0.6 is 11.5 Å². The lowest BCUT2D eigenvalue weighted by molar-refractivity contribution is 0.0685. The lowest BCUT2D eigenvalue weighted by atomic mass is 10.6. The van der Waals surface area contributed by atoms with E-state index in [9.17, 15) is 4.79 Å². The minimum absolute atomic E-state index is 0.129. The first kappa shape index (κ1) is 8.92. The Labute approximate surface area is 73.8 Å². The topological polar surface area (TPSA) is 66.3 Å². The van der Waals surface area contributed by atoms with Crippen LogP contribution in [0.4, 0.5) is 5.13 Å². The first-order valence-corrected chi connectivity index (χ1v) is 4.20. The van der Waals surface area contributed by atoms with Crippen molar-refractivity contribution in [2.45, 2.75) is 6.92 Å². The number of hydrogen-bond acceptors (Lipinski definition) is 5. The monoisotopic (exact) mass is 187 g/mol. The van der Waals surface area contributed by atoms with E-state index in [2.05, 4.69) is 9.36 Å². The molecule has 12 heavy (non-hydrogen) atoms. The van der Waals surface area contributed by atoms with Gasteiger partial charge < -0.3 is 10.0 Å². The molecule has 1 heterocycles. The number of carboxylic acid groups (broad SMARTS) is 1. The third-order valence-corrected chi connectivity index (χ3v) is 2.24. The summed E-state index contributed by atoms with van der Waals surface area (Å²) in [7, 11) is 1.84. The molecule has 66 valence electrons. The number of carboxylic acids is 1. The minimum atomic E-state index is -1.08. The number of carbonyl (C=O) groups is 1. The predicted octanol–water partition coefficient (Wildman–Crippen LogP) is 0.692. The van der Waals surface area contributed by atoms with Gasteiger partial charge in [-0.1, -0.05) is 0 Å². The van der Waals surface area contributed by atoms with Gasteiger partial charge in [-0.05, 0) is 6.92 Å². The number of aromatic carboxylic acids is 1. The van der Waals surface area contributed by atoms with E-state index in [1.807, 2.05) is 18.9 Å². The van der Waals surface area contributed by atoms with Crippen LogP contribution in [0.15, 0.2) is 0 Å². The fraction of sp³-hybridized carbons (Fsp3) is 0.500. The molecule has 1 aromatic heterocycles. The van der Waals surface area contributed by atoms with E-state index >= 15 is 0 Å². The fourth-order valence-corrected chi connectivity index (χ4v) is 1.28. The van der Waals surface area contributed by atoms with Gasteiger partial charge in [-0.25, -0.2) is 4.79 Å². The Bertz CT molecular complexity index is 286. The summed E-state index contributed by atoms with van der Waals surface area (Å²) in [5, 5.41) is 9.15. The molecule has 0 amide bonds. The number of aromatic nitrogens is 2. The van der Waals surface area contributed by atoms with Crippen molar-refractivity contribution in [3.63, 3.8) is 0 Å². The fourth-order valence-electron chi connectivity index (χ4n) is 0.593. The SMILES string of the molecule is CCN(C)c1nc(C(=O)O)ns1. The zero-order valence-electron chi connectivity index (χ0n) is 6.81. The van der Waals surface area contributed by atoms with E-state index in [1.54, 1.807) is 0 Å². The van der Waals surface area contributed by atoms with Crippen molar-refractivity contribution in [1.29, 1.82) is 0 Å². The third kappa shape index (κ3) is 1.70. The summed E-state index contributed by atoms with van der Waals surface area (Å²) < 4.78 is 3.67. The Morgan fingerprint density at radius 3 is 2.83 bits per heavy atom. The number of anilines is 1.